The molecule has 0 aromatic heterocycles. The number of nitrogens with zero attached hydrogens (tertiary/aromatic N) is 1. The first-order valence-electron chi connectivity index (χ1n) is 5.19. The highest BCUT2D eigenvalue weighted by Crippen LogP contribution is 2.42. The van der Waals surface area contributed by atoms with Crippen LogP contribution in [0.1, 0.15) is 12.8 Å². The molecule has 2 fully saturated rings. The lowest BCUT2D eigenvalue weighted by Crippen LogP contribution is -2.71. The second-order valence-electron chi connectivity index (χ2n) is 4.64. The van der Waals surface area contributed by atoms with Crippen LogP contribution in [0.25, 0.3) is 0 Å². The van der Waals surface area contributed by atoms with E-state index in [9.17, 15) is 18.0 Å². The summed E-state index contributed by atoms with van der Waals surface area (Å²) in [6, 6.07) is -0.681. The van der Waals surface area contributed by atoms with Crippen LogP contribution in [0.3, 0.4) is 0 Å². The molecule has 0 bridgehead atoms. The number of carbonyl (C=O) groups excluding carboxylic acids is 1. The quantitative estimate of drug-likeness (QED) is 0.742. The van der Waals surface area contributed by atoms with Gasteiger partial charge in [-0.15, -0.1) is 0 Å². The van der Waals surface area contributed by atoms with Gasteiger partial charge in [-0.1, -0.05) is 0 Å². The molecule has 1 aliphatic carbocycles. The second-order valence-corrected chi connectivity index (χ2v) is 4.64. The molecule has 1 saturated carbocycles. The van der Waals surface area contributed by atoms with E-state index in [1.54, 1.807) is 0 Å². The van der Waals surface area contributed by atoms with Gasteiger partial charge in [0.1, 0.15) is 6.54 Å². The third-order valence-electron chi connectivity index (χ3n) is 3.09. The minimum atomic E-state index is -4.36. The molecule has 0 radical (unpaired) electrons. The summed E-state index contributed by atoms with van der Waals surface area (Å²) in [5.74, 6) is 0.444. The monoisotopic (exact) mass is 237 g/mol. The second kappa shape index (κ2) is 3.51. The van der Waals surface area contributed by atoms with Crippen molar-refractivity contribution in [3.05, 3.63) is 0 Å². The molecular formula is C9H14F3N3O. The molecule has 0 aromatic carbocycles. The number of halogens is 3. The van der Waals surface area contributed by atoms with Crippen LogP contribution in [0.2, 0.25) is 0 Å². The molecule has 0 aromatic rings. The van der Waals surface area contributed by atoms with Crippen molar-refractivity contribution in [1.29, 1.82) is 0 Å². The smallest absolute Gasteiger partial charge is 0.329 e. The Hall–Kier alpha value is -0.980. The summed E-state index contributed by atoms with van der Waals surface area (Å²) < 4.78 is 35.5. The van der Waals surface area contributed by atoms with Gasteiger partial charge in [0.25, 0.3) is 0 Å². The fourth-order valence-electron chi connectivity index (χ4n) is 2.01. The van der Waals surface area contributed by atoms with Gasteiger partial charge in [-0.2, -0.15) is 13.2 Å². The van der Waals surface area contributed by atoms with Crippen molar-refractivity contribution in [3.63, 3.8) is 0 Å². The molecule has 0 spiro atoms. The van der Waals surface area contributed by atoms with Gasteiger partial charge in [0.15, 0.2) is 0 Å². The van der Waals surface area contributed by atoms with Crippen molar-refractivity contribution in [3.8, 4) is 0 Å². The third kappa shape index (κ3) is 2.40. The van der Waals surface area contributed by atoms with Gasteiger partial charge >= 0.3 is 12.2 Å². The molecule has 7 heteroatoms. The lowest BCUT2D eigenvalue weighted by molar-refractivity contribution is -0.123. The van der Waals surface area contributed by atoms with Gasteiger partial charge in [0.2, 0.25) is 0 Å². The summed E-state index contributed by atoms with van der Waals surface area (Å²) in [6.45, 7) is -0.563. The molecule has 4 nitrogen and oxygen atoms in total. The molecule has 16 heavy (non-hydrogen) atoms. The summed E-state index contributed by atoms with van der Waals surface area (Å²) in [7, 11) is 0. The van der Waals surface area contributed by atoms with E-state index in [0.29, 0.717) is 19.0 Å². The number of alkyl halides is 3. The van der Waals surface area contributed by atoms with Gasteiger partial charge in [0.05, 0.1) is 5.54 Å². The zero-order chi connectivity index (χ0) is 12.0. The Bertz CT molecular complexity index is 295. The van der Waals surface area contributed by atoms with Crippen LogP contribution in [0.15, 0.2) is 0 Å². The van der Waals surface area contributed by atoms with Crippen LogP contribution in [0.4, 0.5) is 18.0 Å². The Morgan fingerprint density at radius 3 is 2.44 bits per heavy atom. The maximum absolute atomic E-state index is 11.8. The molecule has 92 valence electrons. The van der Waals surface area contributed by atoms with Crippen LogP contribution in [-0.4, -0.2) is 42.3 Å². The molecule has 1 saturated heterocycles. The fraction of sp³-hybridized carbons (Fsp3) is 0.889. The lowest BCUT2D eigenvalue weighted by atomic mass is 9.86. The van der Waals surface area contributed by atoms with E-state index >= 15 is 0 Å². The predicted molar refractivity (Wildman–Crippen MR) is 50.7 cm³/mol. The van der Waals surface area contributed by atoms with Crippen LogP contribution < -0.4 is 11.1 Å². The molecule has 2 rings (SSSR count). The van der Waals surface area contributed by atoms with E-state index in [4.69, 9.17) is 5.73 Å². The zero-order valence-electron chi connectivity index (χ0n) is 8.68. The maximum atomic E-state index is 11.8. The standard InChI is InChI=1S/C9H14F3N3O/c10-9(11,12)3-14-7(16)15-4-8(13,5-15)6-1-2-6/h6H,1-5,13H2,(H,14,16). The van der Waals surface area contributed by atoms with E-state index in [1.807, 2.05) is 5.32 Å². The van der Waals surface area contributed by atoms with Crippen molar-refractivity contribution in [2.75, 3.05) is 19.6 Å². The van der Waals surface area contributed by atoms with E-state index < -0.39 is 18.8 Å². The maximum Gasteiger partial charge on any atom is 0.405 e. The summed E-state index contributed by atoms with van der Waals surface area (Å²) >= 11 is 0. The minimum Gasteiger partial charge on any atom is -0.329 e. The van der Waals surface area contributed by atoms with E-state index in [-0.39, 0.29) is 5.54 Å². The topological polar surface area (TPSA) is 58.4 Å². The van der Waals surface area contributed by atoms with Gasteiger partial charge in [-0.05, 0) is 18.8 Å². The number of nitrogens with one attached hydrogen (secondary N) is 1. The number of amides is 2. The summed E-state index contributed by atoms with van der Waals surface area (Å²) in [5.41, 5.74) is 5.62. The molecule has 0 unspecified atom stereocenters. The first-order valence-corrected chi connectivity index (χ1v) is 5.19. The van der Waals surface area contributed by atoms with Crippen molar-refractivity contribution in [1.82, 2.24) is 10.2 Å². The van der Waals surface area contributed by atoms with Crippen molar-refractivity contribution >= 4 is 6.03 Å². The number of likely N-dealkylation sites (tertiary alicyclic amines) is 1. The average Bonchev–Trinajstić information content (AvgIpc) is 2.90. The van der Waals surface area contributed by atoms with Crippen LogP contribution in [0, 0.1) is 5.92 Å². The molecular weight excluding hydrogens is 223 g/mol. The molecule has 0 atom stereocenters. The first-order chi connectivity index (χ1) is 7.30. The number of hydrogen-bond acceptors (Lipinski definition) is 2. The largest absolute Gasteiger partial charge is 0.405 e. The number of hydrogen-bond donors (Lipinski definition) is 2. The van der Waals surface area contributed by atoms with Crippen molar-refractivity contribution in [2.45, 2.75) is 24.6 Å². The Labute approximate surface area is 91.0 Å². The minimum absolute atomic E-state index is 0.352. The van der Waals surface area contributed by atoms with Gasteiger partial charge < -0.3 is 16.0 Å². The summed E-state index contributed by atoms with van der Waals surface area (Å²) in [6.07, 6.45) is -2.24. The van der Waals surface area contributed by atoms with Gasteiger partial charge in [-0.25, -0.2) is 4.79 Å². The number of urea groups is 1. The number of carbonyl (C=O) groups is 1. The summed E-state index contributed by atoms with van der Waals surface area (Å²) in [4.78, 5) is 12.6. The molecule has 1 heterocycles. The van der Waals surface area contributed by atoms with Crippen molar-refractivity contribution in [2.24, 2.45) is 11.7 Å². The Balaban J connectivity index is 1.72. The third-order valence-corrected chi connectivity index (χ3v) is 3.09. The Morgan fingerprint density at radius 1 is 1.44 bits per heavy atom. The highest BCUT2D eigenvalue weighted by molar-refractivity contribution is 5.75. The predicted octanol–water partition coefficient (Wildman–Crippen LogP) is 0.681. The Kier molecular flexibility index (Phi) is 2.52. The fourth-order valence-corrected chi connectivity index (χ4v) is 2.01. The molecule has 2 aliphatic rings. The van der Waals surface area contributed by atoms with E-state index in [1.165, 1.54) is 4.90 Å². The average molecular weight is 237 g/mol. The molecule has 3 N–H and O–H groups in total. The lowest BCUT2D eigenvalue weighted by Gasteiger charge is -2.48. The van der Waals surface area contributed by atoms with Crippen LogP contribution >= 0.6 is 0 Å². The van der Waals surface area contributed by atoms with Crippen LogP contribution in [-0.2, 0) is 0 Å². The van der Waals surface area contributed by atoms with E-state index in [2.05, 4.69) is 0 Å². The van der Waals surface area contributed by atoms with Gasteiger partial charge in [-0.3, -0.25) is 0 Å². The van der Waals surface area contributed by atoms with Crippen LogP contribution in [0.5, 0.6) is 0 Å². The summed E-state index contributed by atoms with van der Waals surface area (Å²) in [5, 5.41) is 1.83. The molecule has 2 amide bonds. The first kappa shape index (κ1) is 11.5. The van der Waals surface area contributed by atoms with E-state index in [0.717, 1.165) is 12.8 Å². The normalized spacial score (nSPS) is 23.9. The highest BCUT2D eigenvalue weighted by Gasteiger charge is 2.51. The number of nitrogens with two attached hydrogens (primary N) is 1. The molecule has 1 aliphatic heterocycles. The SMILES string of the molecule is NC1(C2CC2)CN(C(=O)NCC(F)(F)F)C1. The van der Waals surface area contributed by atoms with Crippen molar-refractivity contribution < 1.29 is 18.0 Å². The van der Waals surface area contributed by atoms with Gasteiger partial charge in [0, 0.05) is 13.1 Å². The highest BCUT2D eigenvalue weighted by atomic mass is 19.4. The number of rotatable bonds is 2. The Morgan fingerprint density at radius 2 is 2.00 bits per heavy atom. The zero-order valence-corrected chi connectivity index (χ0v) is 8.68.